The Morgan fingerprint density at radius 1 is 1.25 bits per heavy atom. The number of ether oxygens (including phenoxy) is 1. The van der Waals surface area contributed by atoms with Gasteiger partial charge in [0, 0.05) is 6.07 Å². The van der Waals surface area contributed by atoms with Crippen LogP contribution in [0.4, 0.5) is 0 Å². The molecule has 0 heterocycles. The number of nitriles is 1. The van der Waals surface area contributed by atoms with Crippen LogP contribution in [0, 0.1) is 24.3 Å². The van der Waals surface area contributed by atoms with Crippen LogP contribution in [-0.4, -0.2) is 0 Å². The molecule has 2 aromatic rings. The highest BCUT2D eigenvalue weighted by Crippen LogP contribution is 2.22. The van der Waals surface area contributed by atoms with Crippen molar-refractivity contribution in [3.63, 3.8) is 0 Å². The standard InChI is InChI=1S/C14H10NO/c1-11-7-8-14(9-12(11)10-15)16-13-5-3-2-4-6-13/h2-5,7-9H,1H3. The maximum absolute atomic E-state index is 8.90. The molecule has 77 valence electrons. The quantitative estimate of drug-likeness (QED) is 0.757. The van der Waals surface area contributed by atoms with Gasteiger partial charge in [-0.15, -0.1) is 0 Å². The summed E-state index contributed by atoms with van der Waals surface area (Å²) in [5.41, 5.74) is 1.58. The Morgan fingerprint density at radius 3 is 2.81 bits per heavy atom. The number of aryl methyl sites for hydroxylation is 1. The van der Waals surface area contributed by atoms with Crippen molar-refractivity contribution in [1.29, 1.82) is 5.26 Å². The third-order valence-electron chi connectivity index (χ3n) is 2.24. The third-order valence-corrected chi connectivity index (χ3v) is 2.24. The van der Waals surface area contributed by atoms with E-state index < -0.39 is 0 Å². The molecule has 0 aliphatic carbocycles. The number of nitrogens with zero attached hydrogens (tertiary/aromatic N) is 1. The molecule has 0 spiro atoms. The predicted octanol–water partition coefficient (Wildman–Crippen LogP) is 3.46. The van der Waals surface area contributed by atoms with Gasteiger partial charge in [0.1, 0.15) is 11.5 Å². The molecule has 2 nitrogen and oxygen atoms in total. The average Bonchev–Trinajstić information content (AvgIpc) is 2.33. The number of hydrogen-bond donors (Lipinski definition) is 0. The summed E-state index contributed by atoms with van der Waals surface area (Å²) in [6, 6.07) is 17.9. The molecular formula is C14H10NO. The second kappa shape index (κ2) is 4.50. The van der Waals surface area contributed by atoms with Crippen LogP contribution in [0.2, 0.25) is 0 Å². The predicted molar refractivity (Wildman–Crippen MR) is 61.2 cm³/mol. The first-order chi connectivity index (χ1) is 7.79. The highest BCUT2D eigenvalue weighted by Gasteiger charge is 2.01. The molecule has 0 aromatic heterocycles. The molecule has 0 fully saturated rings. The van der Waals surface area contributed by atoms with E-state index in [-0.39, 0.29) is 0 Å². The molecule has 0 saturated carbocycles. The Hall–Kier alpha value is -2.27. The van der Waals surface area contributed by atoms with E-state index in [2.05, 4.69) is 12.1 Å². The van der Waals surface area contributed by atoms with E-state index in [9.17, 15) is 0 Å². The van der Waals surface area contributed by atoms with E-state index in [0.717, 1.165) is 5.56 Å². The summed E-state index contributed by atoms with van der Waals surface area (Å²) in [4.78, 5) is 0. The van der Waals surface area contributed by atoms with E-state index >= 15 is 0 Å². The summed E-state index contributed by atoms with van der Waals surface area (Å²) in [5.74, 6) is 1.31. The van der Waals surface area contributed by atoms with Gasteiger partial charge in [-0.2, -0.15) is 5.26 Å². The van der Waals surface area contributed by atoms with Gasteiger partial charge in [0.05, 0.1) is 11.6 Å². The topological polar surface area (TPSA) is 33.0 Å². The monoisotopic (exact) mass is 208 g/mol. The van der Waals surface area contributed by atoms with Crippen LogP contribution in [0.3, 0.4) is 0 Å². The fraction of sp³-hybridized carbons (Fsp3) is 0.0714. The van der Waals surface area contributed by atoms with E-state index in [0.29, 0.717) is 17.1 Å². The maximum atomic E-state index is 8.90. The lowest BCUT2D eigenvalue weighted by atomic mass is 10.1. The van der Waals surface area contributed by atoms with Crippen molar-refractivity contribution < 1.29 is 4.74 Å². The molecule has 0 bridgehead atoms. The van der Waals surface area contributed by atoms with E-state index in [1.807, 2.05) is 37.3 Å². The Balaban J connectivity index is 2.27. The first-order valence-electron chi connectivity index (χ1n) is 4.95. The van der Waals surface area contributed by atoms with Crippen LogP contribution in [0.1, 0.15) is 11.1 Å². The van der Waals surface area contributed by atoms with Gasteiger partial charge in [0.15, 0.2) is 0 Å². The number of rotatable bonds is 2. The molecule has 0 saturated heterocycles. The maximum Gasteiger partial charge on any atom is 0.135 e. The van der Waals surface area contributed by atoms with Gasteiger partial charge in [-0.25, -0.2) is 0 Å². The Labute approximate surface area is 94.7 Å². The SMILES string of the molecule is Cc1ccc(Oc2[c]cccc2)cc1C#N. The first-order valence-corrected chi connectivity index (χ1v) is 4.95. The van der Waals surface area contributed by atoms with Crippen LogP contribution in [0.5, 0.6) is 11.5 Å². The molecule has 0 aliphatic heterocycles. The second-order valence-electron chi connectivity index (χ2n) is 3.42. The van der Waals surface area contributed by atoms with Gasteiger partial charge >= 0.3 is 0 Å². The lowest BCUT2D eigenvalue weighted by molar-refractivity contribution is 0.481. The lowest BCUT2D eigenvalue weighted by Crippen LogP contribution is -1.87. The van der Waals surface area contributed by atoms with Gasteiger partial charge in [0.25, 0.3) is 0 Å². The molecule has 2 rings (SSSR count). The molecule has 0 N–H and O–H groups in total. The van der Waals surface area contributed by atoms with Crippen molar-refractivity contribution in [3.8, 4) is 17.6 Å². The second-order valence-corrected chi connectivity index (χ2v) is 3.42. The van der Waals surface area contributed by atoms with Crippen LogP contribution < -0.4 is 4.74 Å². The van der Waals surface area contributed by atoms with Crippen molar-refractivity contribution in [2.45, 2.75) is 6.92 Å². The van der Waals surface area contributed by atoms with Gasteiger partial charge in [-0.05, 0) is 30.7 Å². The minimum Gasteiger partial charge on any atom is -0.457 e. The van der Waals surface area contributed by atoms with Crippen molar-refractivity contribution in [2.24, 2.45) is 0 Å². The Kier molecular flexibility index (Phi) is 2.88. The molecule has 1 radical (unpaired) electrons. The minimum atomic E-state index is 0.633. The van der Waals surface area contributed by atoms with Gasteiger partial charge in [-0.3, -0.25) is 0 Å². The molecule has 2 aromatic carbocycles. The zero-order chi connectivity index (χ0) is 11.4. The smallest absolute Gasteiger partial charge is 0.135 e. The Morgan fingerprint density at radius 2 is 2.12 bits per heavy atom. The molecule has 0 amide bonds. The molecule has 0 aliphatic rings. The summed E-state index contributed by atoms with van der Waals surface area (Å²) in [7, 11) is 0. The molecular weight excluding hydrogens is 198 g/mol. The molecule has 0 unspecified atom stereocenters. The van der Waals surface area contributed by atoms with Crippen molar-refractivity contribution >= 4 is 0 Å². The van der Waals surface area contributed by atoms with Crippen LogP contribution in [-0.2, 0) is 0 Å². The van der Waals surface area contributed by atoms with Crippen LogP contribution in [0.25, 0.3) is 0 Å². The summed E-state index contributed by atoms with van der Waals surface area (Å²) >= 11 is 0. The molecule has 2 heteroatoms. The van der Waals surface area contributed by atoms with Gasteiger partial charge in [-0.1, -0.05) is 24.3 Å². The van der Waals surface area contributed by atoms with E-state index in [1.165, 1.54) is 0 Å². The highest BCUT2D eigenvalue weighted by molar-refractivity contribution is 5.43. The van der Waals surface area contributed by atoms with Gasteiger partial charge in [0.2, 0.25) is 0 Å². The highest BCUT2D eigenvalue weighted by atomic mass is 16.5. The van der Waals surface area contributed by atoms with Crippen molar-refractivity contribution in [2.75, 3.05) is 0 Å². The summed E-state index contributed by atoms with van der Waals surface area (Å²) in [5, 5.41) is 8.90. The number of para-hydroxylation sites is 1. The normalized spacial score (nSPS) is 9.50. The third kappa shape index (κ3) is 2.21. The zero-order valence-corrected chi connectivity index (χ0v) is 8.90. The molecule has 0 atom stereocenters. The van der Waals surface area contributed by atoms with Crippen molar-refractivity contribution in [3.05, 3.63) is 59.7 Å². The van der Waals surface area contributed by atoms with Crippen LogP contribution >= 0.6 is 0 Å². The van der Waals surface area contributed by atoms with Crippen molar-refractivity contribution in [1.82, 2.24) is 0 Å². The number of hydrogen-bond acceptors (Lipinski definition) is 2. The lowest BCUT2D eigenvalue weighted by Gasteiger charge is -2.06. The largest absolute Gasteiger partial charge is 0.457 e. The fourth-order valence-corrected chi connectivity index (χ4v) is 1.35. The zero-order valence-electron chi connectivity index (χ0n) is 8.90. The van der Waals surface area contributed by atoms with E-state index in [1.54, 1.807) is 12.1 Å². The minimum absolute atomic E-state index is 0.633. The van der Waals surface area contributed by atoms with Gasteiger partial charge < -0.3 is 4.74 Å². The fourth-order valence-electron chi connectivity index (χ4n) is 1.35. The summed E-state index contributed by atoms with van der Waals surface area (Å²) < 4.78 is 5.57. The first kappa shape index (κ1) is 10.3. The number of benzene rings is 2. The Bertz CT molecular complexity index is 526. The average molecular weight is 208 g/mol. The summed E-state index contributed by atoms with van der Waals surface area (Å²) in [6.45, 7) is 1.90. The molecule has 16 heavy (non-hydrogen) atoms. The summed E-state index contributed by atoms with van der Waals surface area (Å²) in [6.07, 6.45) is 0. The van der Waals surface area contributed by atoms with Crippen LogP contribution in [0.15, 0.2) is 42.5 Å². The van der Waals surface area contributed by atoms with E-state index in [4.69, 9.17) is 10.00 Å².